The second-order valence-electron chi connectivity index (χ2n) is 7.76. The summed E-state index contributed by atoms with van der Waals surface area (Å²) >= 11 is 1.50. The van der Waals surface area contributed by atoms with Crippen LogP contribution in [-0.2, 0) is 17.6 Å². The van der Waals surface area contributed by atoms with Gasteiger partial charge in [-0.3, -0.25) is 9.78 Å². The lowest BCUT2D eigenvalue weighted by molar-refractivity contribution is -0.114. The van der Waals surface area contributed by atoms with Gasteiger partial charge < -0.3 is 10.6 Å². The maximum Gasteiger partial charge on any atom is 0.223 e. The Morgan fingerprint density at radius 1 is 1.19 bits per heavy atom. The van der Waals surface area contributed by atoms with Gasteiger partial charge in [-0.2, -0.15) is 5.10 Å². The second kappa shape index (κ2) is 8.16. The fourth-order valence-corrected chi connectivity index (χ4v) is 5.17. The smallest absolute Gasteiger partial charge is 0.223 e. The van der Waals surface area contributed by atoms with Crippen LogP contribution in [0, 0.1) is 6.92 Å². The minimum absolute atomic E-state index is 0.121. The quantitative estimate of drug-likeness (QED) is 0.487. The number of fused-ring (bicyclic) bond motifs is 3. The van der Waals surface area contributed by atoms with Crippen LogP contribution in [0.5, 0.6) is 0 Å². The molecule has 4 heterocycles. The van der Waals surface area contributed by atoms with E-state index in [1.807, 2.05) is 49.2 Å². The number of carbonyl (C=O) groups excluding carboxylic acids is 1. The van der Waals surface area contributed by atoms with Gasteiger partial charge in [-0.25, -0.2) is 14.6 Å². The van der Waals surface area contributed by atoms with E-state index >= 15 is 0 Å². The average molecular weight is 446 g/mol. The molecule has 1 aliphatic carbocycles. The van der Waals surface area contributed by atoms with Crippen molar-refractivity contribution in [3.05, 3.63) is 53.6 Å². The number of rotatable bonds is 4. The molecule has 4 aromatic heterocycles. The fourth-order valence-electron chi connectivity index (χ4n) is 4.06. The van der Waals surface area contributed by atoms with Crippen molar-refractivity contribution in [2.45, 2.75) is 33.1 Å². The van der Waals surface area contributed by atoms with E-state index in [0.717, 1.165) is 63.9 Å². The third kappa shape index (κ3) is 3.54. The maximum absolute atomic E-state index is 11.6. The molecule has 0 bridgehead atoms. The molecule has 2 N–H and O–H groups in total. The first-order valence-corrected chi connectivity index (χ1v) is 11.3. The molecule has 9 heteroatoms. The lowest BCUT2D eigenvalue weighted by atomic mass is 10.0. The summed E-state index contributed by atoms with van der Waals surface area (Å²) < 4.78 is 2.01. The zero-order chi connectivity index (χ0) is 22.2. The molecule has 0 aliphatic heterocycles. The van der Waals surface area contributed by atoms with Crippen LogP contribution < -0.4 is 10.6 Å². The van der Waals surface area contributed by atoms with Gasteiger partial charge in [0, 0.05) is 43.7 Å². The van der Waals surface area contributed by atoms with Crippen molar-refractivity contribution in [3.63, 3.8) is 0 Å². The van der Waals surface area contributed by atoms with Crippen LogP contribution in [0.3, 0.4) is 0 Å². The highest BCUT2D eigenvalue weighted by molar-refractivity contribution is 7.19. The molecule has 1 aliphatic rings. The predicted octanol–water partition coefficient (Wildman–Crippen LogP) is 4.25. The number of aromatic nitrogens is 5. The van der Waals surface area contributed by atoms with Gasteiger partial charge in [0.25, 0.3) is 0 Å². The van der Waals surface area contributed by atoms with E-state index in [2.05, 4.69) is 20.6 Å². The Morgan fingerprint density at radius 3 is 2.78 bits per heavy atom. The minimum atomic E-state index is -0.121. The summed E-state index contributed by atoms with van der Waals surface area (Å²) in [6.45, 7) is 3.54. The first-order valence-electron chi connectivity index (χ1n) is 10.5. The molecule has 0 fully saturated rings. The molecule has 32 heavy (non-hydrogen) atoms. The van der Waals surface area contributed by atoms with E-state index in [4.69, 9.17) is 10.1 Å². The molecule has 8 nitrogen and oxygen atoms in total. The lowest BCUT2D eigenvalue weighted by Gasteiger charge is -2.09. The monoisotopic (exact) mass is 445 g/mol. The third-order valence-corrected chi connectivity index (χ3v) is 6.55. The van der Waals surface area contributed by atoms with E-state index in [9.17, 15) is 4.79 Å². The zero-order valence-electron chi connectivity index (χ0n) is 18.1. The van der Waals surface area contributed by atoms with Gasteiger partial charge in [0.05, 0.1) is 27.6 Å². The van der Waals surface area contributed by atoms with Gasteiger partial charge in [0.2, 0.25) is 5.91 Å². The Morgan fingerprint density at radius 2 is 2.06 bits per heavy atom. The minimum Gasteiger partial charge on any atom is -0.373 e. The van der Waals surface area contributed by atoms with Crippen LogP contribution in [0.1, 0.15) is 30.2 Å². The highest BCUT2D eigenvalue weighted by Crippen LogP contribution is 2.43. The van der Waals surface area contributed by atoms with E-state index in [1.54, 1.807) is 6.20 Å². The Balaban J connectivity index is 1.76. The molecule has 0 aromatic carbocycles. The van der Waals surface area contributed by atoms with Crippen molar-refractivity contribution in [1.82, 2.24) is 24.7 Å². The normalized spacial score (nSPS) is 12.6. The van der Waals surface area contributed by atoms with Gasteiger partial charge in [0.15, 0.2) is 5.13 Å². The number of hydrogen-bond acceptors (Lipinski definition) is 7. The molecular weight excluding hydrogens is 422 g/mol. The van der Waals surface area contributed by atoms with Gasteiger partial charge >= 0.3 is 0 Å². The molecule has 0 saturated carbocycles. The van der Waals surface area contributed by atoms with Gasteiger partial charge in [-0.05, 0) is 49.9 Å². The van der Waals surface area contributed by atoms with Crippen LogP contribution in [0.4, 0.5) is 10.9 Å². The van der Waals surface area contributed by atoms with Crippen LogP contribution in [0.25, 0.3) is 27.5 Å². The SMILES string of the molecule is CNc1ccc(-c2nn(-c3ccncc3C)c3c2CCCc2nc(NC(C)=O)sc2-3)cn1. The van der Waals surface area contributed by atoms with Crippen LogP contribution >= 0.6 is 11.3 Å². The Hall–Kier alpha value is -3.59. The fraction of sp³-hybridized carbons (Fsp3) is 0.261. The molecule has 0 saturated heterocycles. The Labute approximate surface area is 189 Å². The van der Waals surface area contributed by atoms with Crippen molar-refractivity contribution in [3.8, 4) is 27.5 Å². The van der Waals surface area contributed by atoms with E-state index < -0.39 is 0 Å². The lowest BCUT2D eigenvalue weighted by Crippen LogP contribution is -2.05. The summed E-state index contributed by atoms with van der Waals surface area (Å²) in [4.78, 5) is 26.2. The number of nitrogens with one attached hydrogen (secondary N) is 2. The predicted molar refractivity (Wildman–Crippen MR) is 126 cm³/mol. The van der Waals surface area contributed by atoms with Crippen molar-refractivity contribution < 1.29 is 4.79 Å². The second-order valence-corrected chi connectivity index (χ2v) is 8.76. The van der Waals surface area contributed by atoms with Crippen LogP contribution in [-0.4, -0.2) is 37.7 Å². The Kier molecular flexibility index (Phi) is 5.18. The highest BCUT2D eigenvalue weighted by Gasteiger charge is 2.28. The first-order chi connectivity index (χ1) is 15.5. The summed E-state index contributed by atoms with van der Waals surface area (Å²) in [6, 6.07) is 5.99. The van der Waals surface area contributed by atoms with E-state index in [1.165, 1.54) is 23.8 Å². The van der Waals surface area contributed by atoms with Gasteiger partial charge in [-0.15, -0.1) is 0 Å². The summed E-state index contributed by atoms with van der Waals surface area (Å²) in [5, 5.41) is 11.6. The molecule has 162 valence electrons. The van der Waals surface area contributed by atoms with Crippen molar-refractivity contribution in [2.24, 2.45) is 0 Å². The van der Waals surface area contributed by atoms with Crippen molar-refractivity contribution in [2.75, 3.05) is 17.7 Å². The molecular formula is C23H23N7OS. The molecule has 0 spiro atoms. The van der Waals surface area contributed by atoms with Crippen LogP contribution in [0.2, 0.25) is 0 Å². The number of amides is 1. The molecule has 0 unspecified atom stereocenters. The summed E-state index contributed by atoms with van der Waals surface area (Å²) in [6.07, 6.45) is 8.19. The van der Waals surface area contributed by atoms with Gasteiger partial charge in [0.1, 0.15) is 5.82 Å². The zero-order valence-corrected chi connectivity index (χ0v) is 19.0. The Bertz CT molecular complexity index is 1310. The number of aryl methyl sites for hydroxylation is 2. The summed E-state index contributed by atoms with van der Waals surface area (Å²) in [5.41, 5.74) is 7.12. The molecule has 0 atom stereocenters. The number of carbonyl (C=O) groups is 1. The topological polar surface area (TPSA) is 97.6 Å². The molecule has 5 rings (SSSR count). The number of hydrogen-bond donors (Lipinski definition) is 2. The number of pyridine rings is 2. The first kappa shape index (κ1) is 20.3. The summed E-state index contributed by atoms with van der Waals surface area (Å²) in [7, 11) is 1.85. The number of nitrogens with zero attached hydrogens (tertiary/aromatic N) is 5. The maximum atomic E-state index is 11.6. The largest absolute Gasteiger partial charge is 0.373 e. The van der Waals surface area contributed by atoms with E-state index in [-0.39, 0.29) is 5.91 Å². The number of anilines is 2. The molecule has 0 radical (unpaired) electrons. The average Bonchev–Trinajstić information content (AvgIpc) is 3.30. The molecule has 1 amide bonds. The van der Waals surface area contributed by atoms with Gasteiger partial charge in [-0.1, -0.05) is 11.3 Å². The van der Waals surface area contributed by atoms with Crippen molar-refractivity contribution >= 4 is 28.2 Å². The number of thiazole rings is 1. The highest BCUT2D eigenvalue weighted by atomic mass is 32.1. The summed E-state index contributed by atoms with van der Waals surface area (Å²) in [5.74, 6) is 0.693. The van der Waals surface area contributed by atoms with Crippen LogP contribution in [0.15, 0.2) is 36.8 Å². The van der Waals surface area contributed by atoms with Crippen molar-refractivity contribution in [1.29, 1.82) is 0 Å². The molecule has 4 aromatic rings. The van der Waals surface area contributed by atoms with E-state index in [0.29, 0.717) is 5.13 Å². The third-order valence-electron chi connectivity index (χ3n) is 5.53. The standard InChI is InChI=1S/C23H23N7OS/c1-13-11-25-10-9-18(13)30-21-16(20(29-30)15-7-8-19(24-3)26-12-15)5-4-6-17-22(21)32-23(28-17)27-14(2)31/h7-12H,4-6H2,1-3H3,(H,24,26)(H,27,28,31).